The van der Waals surface area contributed by atoms with Crippen LogP contribution in [0.1, 0.15) is 56.2 Å². The highest BCUT2D eigenvalue weighted by atomic mass is 16.4. The highest BCUT2D eigenvalue weighted by Gasteiger charge is 2.20. The van der Waals surface area contributed by atoms with Gasteiger partial charge in [0, 0.05) is 29.6 Å². The molecule has 0 bridgehead atoms. The lowest BCUT2D eigenvalue weighted by atomic mass is 9.97. The molecule has 0 aliphatic rings. The summed E-state index contributed by atoms with van der Waals surface area (Å²) < 4.78 is 0. The van der Waals surface area contributed by atoms with Crippen molar-refractivity contribution < 1.29 is 19.5 Å². The average Bonchev–Trinajstić information content (AvgIpc) is 3.36. The van der Waals surface area contributed by atoms with Gasteiger partial charge in [0.1, 0.15) is 11.5 Å². The summed E-state index contributed by atoms with van der Waals surface area (Å²) in [5.74, 6) is -1.85. The fourth-order valence-electron chi connectivity index (χ4n) is 4.27. The zero-order chi connectivity index (χ0) is 25.8. The molecule has 2 amide bonds. The normalized spacial score (nSPS) is 12.2. The number of hydrogen-bond acceptors (Lipinski definition) is 4. The maximum Gasteiger partial charge on any atom is 0.352 e. The van der Waals surface area contributed by atoms with Crippen LogP contribution in [-0.2, 0) is 4.79 Å². The maximum absolute atomic E-state index is 13.1. The first kappa shape index (κ1) is 24.4. The van der Waals surface area contributed by atoms with Crippen molar-refractivity contribution in [2.75, 3.05) is 0 Å². The monoisotopic (exact) mass is 482 g/mol. The summed E-state index contributed by atoms with van der Waals surface area (Å²) in [6.07, 6.45) is 4.26. The van der Waals surface area contributed by atoms with E-state index in [4.69, 9.17) is 0 Å². The van der Waals surface area contributed by atoms with Crippen molar-refractivity contribution in [3.8, 4) is 0 Å². The van der Waals surface area contributed by atoms with E-state index in [2.05, 4.69) is 20.6 Å². The van der Waals surface area contributed by atoms with Crippen molar-refractivity contribution in [1.29, 1.82) is 0 Å². The van der Waals surface area contributed by atoms with Gasteiger partial charge in [0.2, 0.25) is 0 Å². The molecular weight excluding hydrogens is 456 g/mol. The van der Waals surface area contributed by atoms with E-state index < -0.39 is 11.9 Å². The molecule has 36 heavy (non-hydrogen) atoms. The van der Waals surface area contributed by atoms with Crippen LogP contribution in [0.3, 0.4) is 0 Å². The molecule has 4 aromatic rings. The molecule has 8 nitrogen and oxygen atoms in total. The molecule has 182 valence electrons. The molecule has 1 heterocycles. The Balaban J connectivity index is 1.54. The van der Waals surface area contributed by atoms with Crippen LogP contribution in [0.2, 0.25) is 0 Å². The van der Waals surface area contributed by atoms with Gasteiger partial charge in [-0.25, -0.2) is 9.78 Å². The molecule has 4 N–H and O–H groups in total. The van der Waals surface area contributed by atoms with Gasteiger partial charge in [-0.15, -0.1) is 0 Å². The molecule has 0 radical (unpaired) electrons. The fourth-order valence-corrected chi connectivity index (χ4v) is 4.27. The maximum atomic E-state index is 13.1. The van der Waals surface area contributed by atoms with Crippen molar-refractivity contribution in [1.82, 2.24) is 20.6 Å². The van der Waals surface area contributed by atoms with Gasteiger partial charge in [0.05, 0.1) is 6.04 Å². The molecule has 4 rings (SSSR count). The van der Waals surface area contributed by atoms with Crippen LogP contribution in [0.15, 0.2) is 72.7 Å². The van der Waals surface area contributed by atoms with E-state index >= 15 is 0 Å². The number of nitrogens with one attached hydrogen (secondary N) is 3. The number of nitrogens with zero attached hydrogens (tertiary/aromatic N) is 1. The van der Waals surface area contributed by atoms with Crippen molar-refractivity contribution >= 4 is 34.6 Å². The molecule has 0 aliphatic heterocycles. The summed E-state index contributed by atoms with van der Waals surface area (Å²) in [6.45, 7) is 5.35. The molecule has 0 unspecified atom stereocenters. The van der Waals surface area contributed by atoms with Crippen LogP contribution in [-0.4, -0.2) is 32.9 Å². The third kappa shape index (κ3) is 5.17. The number of amides is 2. The number of aryl methyl sites for hydroxylation is 2. The molecule has 3 aromatic carbocycles. The molecule has 0 aliphatic carbocycles. The first-order chi connectivity index (χ1) is 17.2. The molecule has 1 atom stereocenters. The van der Waals surface area contributed by atoms with Gasteiger partial charge in [-0.2, -0.15) is 0 Å². The lowest BCUT2D eigenvalue weighted by Gasteiger charge is -2.18. The molecule has 0 saturated carbocycles. The summed E-state index contributed by atoms with van der Waals surface area (Å²) in [5.41, 5.74) is 2.52. The number of benzene rings is 3. The van der Waals surface area contributed by atoms with E-state index in [1.165, 1.54) is 12.3 Å². The molecule has 0 fully saturated rings. The number of aromatic amines is 1. The number of carbonyl (C=O) groups excluding carboxylic acids is 2. The second-order valence-corrected chi connectivity index (χ2v) is 8.54. The number of imidazole rings is 1. The van der Waals surface area contributed by atoms with Crippen LogP contribution in [0, 0.1) is 13.8 Å². The summed E-state index contributed by atoms with van der Waals surface area (Å²) in [7, 11) is 0. The van der Waals surface area contributed by atoms with Gasteiger partial charge >= 0.3 is 5.97 Å². The Kier molecular flexibility index (Phi) is 6.96. The Bertz CT molecular complexity index is 1460. The summed E-state index contributed by atoms with van der Waals surface area (Å²) in [5, 5.41) is 17.1. The highest BCUT2D eigenvalue weighted by molar-refractivity contribution is 6.05. The van der Waals surface area contributed by atoms with Crippen molar-refractivity contribution in [2.24, 2.45) is 0 Å². The predicted octanol–water partition coefficient (Wildman–Crippen LogP) is 4.53. The standard InChI is InChI=1S/C28H26N4O4/c1-16-13-20(26(33)31-18(3)21-10-6-8-19-7-4-5-9-22(19)21)14-17(2)25(16)27(34)32-23(28(35)36)15-24-29-11-12-30-24/h4-15,18H,1-3H3,(H,29,30)(H,31,33)(H,32,34)(H,35,36)/t18-/m1/s1. The Morgan fingerprint density at radius 1 is 1.00 bits per heavy atom. The first-order valence-electron chi connectivity index (χ1n) is 11.4. The SMILES string of the molecule is Cc1cc(C(=O)N[C@H](C)c2cccc3ccccc23)cc(C)c1C(=O)NC(=Cc1ncc[nH]1)C(=O)O. The summed E-state index contributed by atoms with van der Waals surface area (Å²) in [4.78, 5) is 44.4. The average molecular weight is 483 g/mol. The third-order valence-electron chi connectivity index (χ3n) is 5.94. The Morgan fingerprint density at radius 3 is 2.36 bits per heavy atom. The predicted molar refractivity (Wildman–Crippen MR) is 137 cm³/mol. The summed E-state index contributed by atoms with van der Waals surface area (Å²) in [6, 6.07) is 17.0. The largest absolute Gasteiger partial charge is 0.477 e. The minimum Gasteiger partial charge on any atom is -0.477 e. The second kappa shape index (κ2) is 10.3. The van der Waals surface area contributed by atoms with Gasteiger partial charge < -0.3 is 20.7 Å². The van der Waals surface area contributed by atoms with E-state index in [-0.39, 0.29) is 17.6 Å². The number of rotatable bonds is 7. The Morgan fingerprint density at radius 2 is 1.69 bits per heavy atom. The topological polar surface area (TPSA) is 124 Å². The third-order valence-corrected chi connectivity index (χ3v) is 5.94. The zero-order valence-electron chi connectivity index (χ0n) is 20.1. The van der Waals surface area contributed by atoms with Crippen molar-refractivity contribution in [2.45, 2.75) is 26.8 Å². The minimum atomic E-state index is -1.30. The van der Waals surface area contributed by atoms with Gasteiger partial charge in [0.15, 0.2) is 0 Å². The van der Waals surface area contributed by atoms with E-state index in [9.17, 15) is 19.5 Å². The van der Waals surface area contributed by atoms with Crippen LogP contribution in [0.5, 0.6) is 0 Å². The van der Waals surface area contributed by atoms with Crippen LogP contribution in [0.25, 0.3) is 16.8 Å². The van der Waals surface area contributed by atoms with E-state index in [0.29, 0.717) is 28.1 Å². The van der Waals surface area contributed by atoms with Crippen molar-refractivity contribution in [3.63, 3.8) is 0 Å². The number of carboxylic acid groups (broad SMARTS) is 1. The smallest absolute Gasteiger partial charge is 0.352 e. The first-order valence-corrected chi connectivity index (χ1v) is 11.4. The molecule has 0 saturated heterocycles. The van der Waals surface area contributed by atoms with E-state index in [1.54, 1.807) is 32.2 Å². The number of aromatic nitrogens is 2. The number of carboxylic acids is 1. The van der Waals surface area contributed by atoms with E-state index in [1.807, 2.05) is 49.4 Å². The van der Waals surface area contributed by atoms with Crippen LogP contribution < -0.4 is 10.6 Å². The van der Waals surface area contributed by atoms with Gasteiger partial charge in [-0.3, -0.25) is 9.59 Å². The number of aliphatic carboxylic acids is 1. The number of carbonyl (C=O) groups is 3. The van der Waals surface area contributed by atoms with Crippen molar-refractivity contribution in [3.05, 3.63) is 106 Å². The van der Waals surface area contributed by atoms with E-state index in [0.717, 1.165) is 16.3 Å². The zero-order valence-corrected chi connectivity index (χ0v) is 20.1. The molecule has 8 heteroatoms. The van der Waals surface area contributed by atoms with Gasteiger partial charge in [0.25, 0.3) is 11.8 Å². The summed E-state index contributed by atoms with van der Waals surface area (Å²) >= 11 is 0. The minimum absolute atomic E-state index is 0.239. The molecule has 1 aromatic heterocycles. The molecular formula is C28H26N4O4. The fraction of sp³-hybridized carbons (Fsp3) is 0.143. The lowest BCUT2D eigenvalue weighted by molar-refractivity contribution is -0.132. The van der Waals surface area contributed by atoms with Crippen LogP contribution in [0.4, 0.5) is 0 Å². The van der Waals surface area contributed by atoms with Gasteiger partial charge in [-0.1, -0.05) is 42.5 Å². The second-order valence-electron chi connectivity index (χ2n) is 8.54. The quantitative estimate of drug-likeness (QED) is 0.288. The molecule has 0 spiro atoms. The lowest BCUT2D eigenvalue weighted by Crippen LogP contribution is -2.29. The highest BCUT2D eigenvalue weighted by Crippen LogP contribution is 2.25. The van der Waals surface area contributed by atoms with Gasteiger partial charge in [-0.05, 0) is 60.4 Å². The Hall–Kier alpha value is -4.72. The number of fused-ring (bicyclic) bond motifs is 1. The Labute approximate surface area is 208 Å². The number of hydrogen-bond donors (Lipinski definition) is 4. The van der Waals surface area contributed by atoms with Crippen LogP contribution >= 0.6 is 0 Å². The number of H-pyrrole nitrogens is 1.